The van der Waals surface area contributed by atoms with Gasteiger partial charge in [-0.2, -0.15) is 0 Å². The minimum absolute atomic E-state index is 0.00585. The van der Waals surface area contributed by atoms with Crippen LogP contribution in [-0.4, -0.2) is 53.6 Å². The second-order valence-electron chi connectivity index (χ2n) is 8.50. The molecular formula is C23H27N5O4S. The third kappa shape index (κ3) is 5.39. The number of rotatable bonds is 8. The van der Waals surface area contributed by atoms with Crippen LogP contribution in [0.15, 0.2) is 30.6 Å². The van der Waals surface area contributed by atoms with E-state index in [9.17, 15) is 18.0 Å². The van der Waals surface area contributed by atoms with E-state index in [0.29, 0.717) is 42.8 Å². The van der Waals surface area contributed by atoms with Gasteiger partial charge in [0.15, 0.2) is 5.78 Å². The maximum absolute atomic E-state index is 12.7. The molecule has 4 rings (SSSR count). The Morgan fingerprint density at radius 1 is 1.18 bits per heavy atom. The van der Waals surface area contributed by atoms with Crippen LogP contribution in [0.2, 0.25) is 0 Å². The third-order valence-electron chi connectivity index (χ3n) is 5.89. The van der Waals surface area contributed by atoms with Crippen molar-refractivity contribution in [3.63, 3.8) is 0 Å². The van der Waals surface area contributed by atoms with E-state index in [0.717, 1.165) is 28.8 Å². The zero-order valence-corrected chi connectivity index (χ0v) is 19.5. The van der Waals surface area contributed by atoms with Gasteiger partial charge in [-0.25, -0.2) is 18.4 Å². The number of H-pyrrole nitrogens is 1. The second-order valence-corrected chi connectivity index (χ2v) is 10.8. The SMILES string of the molecule is CC(=O)c1ccc(Nc2ncnc3[nH]c4c(c23)CC(C(=O)NCCCS(C)(=O)=O)CC4)cc1. The van der Waals surface area contributed by atoms with E-state index in [-0.39, 0.29) is 23.4 Å². The van der Waals surface area contributed by atoms with Gasteiger partial charge in [0.1, 0.15) is 27.6 Å². The summed E-state index contributed by atoms with van der Waals surface area (Å²) < 4.78 is 22.5. The van der Waals surface area contributed by atoms with Crippen LogP contribution >= 0.6 is 0 Å². The first-order chi connectivity index (χ1) is 15.7. The first-order valence-electron chi connectivity index (χ1n) is 10.9. The molecule has 1 aliphatic carbocycles. The fourth-order valence-corrected chi connectivity index (χ4v) is 4.84. The quantitative estimate of drug-likeness (QED) is 0.341. The minimum atomic E-state index is -3.03. The largest absolute Gasteiger partial charge is 0.356 e. The second kappa shape index (κ2) is 9.30. The minimum Gasteiger partial charge on any atom is -0.356 e. The summed E-state index contributed by atoms with van der Waals surface area (Å²) in [7, 11) is -3.03. The molecule has 2 heterocycles. The number of benzene rings is 1. The number of hydrogen-bond acceptors (Lipinski definition) is 7. The van der Waals surface area contributed by atoms with E-state index in [1.165, 1.54) is 19.5 Å². The number of ketones is 1. The van der Waals surface area contributed by atoms with Crippen LogP contribution in [0.25, 0.3) is 11.0 Å². The van der Waals surface area contributed by atoms with E-state index in [2.05, 4.69) is 25.6 Å². The summed E-state index contributed by atoms with van der Waals surface area (Å²) in [5.74, 6) is 0.450. The molecule has 174 valence electrons. The fraction of sp³-hybridized carbons (Fsp3) is 0.391. The molecule has 1 unspecified atom stereocenters. The van der Waals surface area contributed by atoms with E-state index in [1.54, 1.807) is 12.1 Å². The van der Waals surface area contributed by atoms with Crippen LogP contribution in [0.3, 0.4) is 0 Å². The molecule has 1 amide bonds. The number of aryl methyl sites for hydroxylation is 1. The number of sulfone groups is 1. The number of nitrogens with zero attached hydrogens (tertiary/aromatic N) is 2. The molecule has 0 saturated carbocycles. The highest BCUT2D eigenvalue weighted by Gasteiger charge is 2.29. The molecule has 0 spiro atoms. The van der Waals surface area contributed by atoms with Crippen LogP contribution in [0.1, 0.15) is 41.4 Å². The number of aromatic nitrogens is 3. The molecule has 33 heavy (non-hydrogen) atoms. The number of amides is 1. The van der Waals surface area contributed by atoms with Gasteiger partial charge in [0.2, 0.25) is 5.91 Å². The number of anilines is 2. The van der Waals surface area contributed by atoms with Gasteiger partial charge in [-0.3, -0.25) is 9.59 Å². The predicted molar refractivity (Wildman–Crippen MR) is 126 cm³/mol. The van der Waals surface area contributed by atoms with Crippen LogP contribution in [-0.2, 0) is 27.5 Å². The van der Waals surface area contributed by atoms with Crippen molar-refractivity contribution in [1.82, 2.24) is 20.3 Å². The highest BCUT2D eigenvalue weighted by atomic mass is 32.2. The Hall–Kier alpha value is -3.27. The van der Waals surface area contributed by atoms with Gasteiger partial charge in [0.25, 0.3) is 0 Å². The van der Waals surface area contributed by atoms with Gasteiger partial charge in [-0.15, -0.1) is 0 Å². The van der Waals surface area contributed by atoms with Crippen molar-refractivity contribution < 1.29 is 18.0 Å². The summed E-state index contributed by atoms with van der Waals surface area (Å²) >= 11 is 0. The van der Waals surface area contributed by atoms with Crippen LogP contribution in [0.5, 0.6) is 0 Å². The Bertz CT molecular complexity index is 1300. The molecule has 1 atom stereocenters. The number of fused-ring (bicyclic) bond motifs is 3. The van der Waals surface area contributed by atoms with Crippen molar-refractivity contribution >= 4 is 44.1 Å². The van der Waals surface area contributed by atoms with Crippen molar-refractivity contribution in [2.75, 3.05) is 23.9 Å². The number of aromatic amines is 1. The topological polar surface area (TPSA) is 134 Å². The van der Waals surface area contributed by atoms with Crippen molar-refractivity contribution in [2.45, 2.75) is 32.6 Å². The van der Waals surface area contributed by atoms with Gasteiger partial charge in [0.05, 0.1) is 11.1 Å². The standard InChI is InChI=1S/C23H27N5O4S/c1-14(29)15-4-7-17(8-5-15)27-21-20-18-12-16(23(30)24-10-3-11-33(2,31)32)6-9-19(18)28-22(20)26-13-25-21/h4-5,7-8,13,16H,3,6,9-12H2,1-2H3,(H,24,30)(H2,25,26,27,28). The normalized spacial score (nSPS) is 15.8. The summed E-state index contributed by atoms with van der Waals surface area (Å²) in [5.41, 5.74) is 4.23. The summed E-state index contributed by atoms with van der Waals surface area (Å²) in [6.07, 6.45) is 5.07. The van der Waals surface area contributed by atoms with Gasteiger partial charge in [-0.05, 0) is 62.4 Å². The van der Waals surface area contributed by atoms with Crippen molar-refractivity contribution in [2.24, 2.45) is 5.92 Å². The molecule has 1 aromatic carbocycles. The average Bonchev–Trinajstić information content (AvgIpc) is 3.15. The van der Waals surface area contributed by atoms with Crippen LogP contribution in [0, 0.1) is 5.92 Å². The third-order valence-corrected chi connectivity index (χ3v) is 6.92. The molecule has 1 aliphatic rings. The molecule has 0 bridgehead atoms. The van der Waals surface area contributed by atoms with Gasteiger partial charge < -0.3 is 15.6 Å². The summed E-state index contributed by atoms with van der Waals surface area (Å²) in [4.78, 5) is 36.4. The molecule has 0 saturated heterocycles. The Balaban J connectivity index is 1.51. The Morgan fingerprint density at radius 3 is 2.64 bits per heavy atom. The summed E-state index contributed by atoms with van der Waals surface area (Å²) in [6.45, 7) is 1.87. The van der Waals surface area contributed by atoms with Gasteiger partial charge >= 0.3 is 0 Å². The average molecular weight is 470 g/mol. The lowest BCUT2D eigenvalue weighted by atomic mass is 9.86. The summed E-state index contributed by atoms with van der Waals surface area (Å²) in [5, 5.41) is 7.05. The van der Waals surface area contributed by atoms with Crippen LogP contribution in [0.4, 0.5) is 11.5 Å². The van der Waals surface area contributed by atoms with Crippen molar-refractivity contribution in [3.8, 4) is 0 Å². The molecule has 3 aromatic rings. The lowest BCUT2D eigenvalue weighted by molar-refractivity contribution is -0.125. The van der Waals surface area contributed by atoms with E-state index >= 15 is 0 Å². The lowest BCUT2D eigenvalue weighted by Gasteiger charge is -2.22. The Labute approximate surface area is 192 Å². The fourth-order valence-electron chi connectivity index (χ4n) is 4.17. The zero-order valence-electron chi connectivity index (χ0n) is 18.6. The Morgan fingerprint density at radius 2 is 1.94 bits per heavy atom. The number of carbonyl (C=O) groups excluding carboxylic acids is 2. The van der Waals surface area contributed by atoms with Gasteiger partial charge in [-0.1, -0.05) is 0 Å². The molecule has 0 aliphatic heterocycles. The summed E-state index contributed by atoms with van der Waals surface area (Å²) in [6, 6.07) is 7.19. The molecule has 3 N–H and O–H groups in total. The molecule has 9 nitrogen and oxygen atoms in total. The maximum Gasteiger partial charge on any atom is 0.223 e. The van der Waals surface area contributed by atoms with Crippen molar-refractivity contribution in [3.05, 3.63) is 47.4 Å². The first kappa shape index (κ1) is 22.9. The first-order valence-corrected chi connectivity index (χ1v) is 12.9. The van der Waals surface area contributed by atoms with Gasteiger partial charge in [0, 0.05) is 35.7 Å². The van der Waals surface area contributed by atoms with Crippen LogP contribution < -0.4 is 10.6 Å². The maximum atomic E-state index is 12.7. The number of Topliss-reactive ketones (excluding diaryl/α,β-unsaturated/α-hetero) is 1. The zero-order chi connectivity index (χ0) is 23.6. The highest BCUT2D eigenvalue weighted by Crippen LogP contribution is 2.35. The monoisotopic (exact) mass is 469 g/mol. The molecule has 2 aromatic heterocycles. The van der Waals surface area contributed by atoms with E-state index in [1.807, 2.05) is 12.1 Å². The molecule has 10 heteroatoms. The predicted octanol–water partition coefficient (Wildman–Crippen LogP) is 2.56. The highest BCUT2D eigenvalue weighted by molar-refractivity contribution is 7.90. The number of carbonyl (C=O) groups is 2. The lowest BCUT2D eigenvalue weighted by Crippen LogP contribution is -2.35. The number of nitrogens with one attached hydrogen (secondary N) is 3. The molecular weight excluding hydrogens is 442 g/mol. The molecule has 0 radical (unpaired) electrons. The van der Waals surface area contributed by atoms with E-state index < -0.39 is 9.84 Å². The van der Waals surface area contributed by atoms with E-state index in [4.69, 9.17) is 0 Å². The molecule has 0 fully saturated rings. The van der Waals surface area contributed by atoms with Crippen molar-refractivity contribution in [1.29, 1.82) is 0 Å². The smallest absolute Gasteiger partial charge is 0.223 e. The Kier molecular flexibility index (Phi) is 6.46. The number of hydrogen-bond donors (Lipinski definition) is 3.